The Bertz CT molecular complexity index is 597. The Morgan fingerprint density at radius 3 is 2.95 bits per heavy atom. The predicted octanol–water partition coefficient (Wildman–Crippen LogP) is 3.18. The van der Waals surface area contributed by atoms with Crippen LogP contribution in [0.1, 0.15) is 38.9 Å². The van der Waals surface area contributed by atoms with Crippen LogP contribution in [0.2, 0.25) is 0 Å². The summed E-state index contributed by atoms with van der Waals surface area (Å²) in [5, 5.41) is 3.58. The maximum atomic E-state index is 13.4. The lowest BCUT2D eigenvalue weighted by molar-refractivity contribution is 0.262. The monoisotopic (exact) mass is 261 g/mol. The van der Waals surface area contributed by atoms with Gasteiger partial charge in [0, 0.05) is 6.54 Å². The number of piperidine rings is 1. The van der Waals surface area contributed by atoms with Crippen LogP contribution in [0.25, 0.3) is 11.0 Å². The molecule has 19 heavy (non-hydrogen) atoms. The van der Waals surface area contributed by atoms with E-state index >= 15 is 0 Å². The lowest BCUT2D eigenvalue weighted by atomic mass is 9.90. The fourth-order valence-corrected chi connectivity index (χ4v) is 3.08. The minimum atomic E-state index is -0.199. The zero-order valence-electron chi connectivity index (χ0n) is 11.5. The van der Waals surface area contributed by atoms with Crippen molar-refractivity contribution in [3.63, 3.8) is 0 Å². The fourth-order valence-electron chi connectivity index (χ4n) is 3.08. The number of hydrogen-bond acceptors (Lipinski definition) is 2. The van der Waals surface area contributed by atoms with E-state index in [9.17, 15) is 4.39 Å². The Labute approximate surface area is 112 Å². The molecule has 1 aliphatic heterocycles. The number of aromatic nitrogens is 2. The molecule has 102 valence electrons. The van der Waals surface area contributed by atoms with Gasteiger partial charge in [-0.3, -0.25) is 0 Å². The second-order valence-electron chi connectivity index (χ2n) is 5.53. The number of rotatable bonds is 2. The van der Waals surface area contributed by atoms with Crippen LogP contribution in [-0.4, -0.2) is 16.1 Å². The molecule has 2 heterocycles. The van der Waals surface area contributed by atoms with Crippen LogP contribution in [0.3, 0.4) is 0 Å². The van der Waals surface area contributed by atoms with Crippen molar-refractivity contribution in [2.75, 3.05) is 6.54 Å². The van der Waals surface area contributed by atoms with E-state index in [0.29, 0.717) is 0 Å². The highest BCUT2D eigenvalue weighted by atomic mass is 19.1. The molecule has 2 aromatic rings. The van der Waals surface area contributed by atoms with Gasteiger partial charge in [-0.25, -0.2) is 9.37 Å². The summed E-state index contributed by atoms with van der Waals surface area (Å²) in [5.41, 5.74) is 1.68. The van der Waals surface area contributed by atoms with E-state index in [1.54, 1.807) is 12.1 Å². The van der Waals surface area contributed by atoms with Crippen molar-refractivity contribution in [2.45, 2.75) is 45.2 Å². The number of nitrogens with one attached hydrogen (secondary N) is 1. The van der Waals surface area contributed by atoms with Crippen molar-refractivity contribution in [1.82, 2.24) is 14.9 Å². The SMILES string of the molecule is CCn1c(C2(C)CCCCN2)nc2ccc(F)cc21. The van der Waals surface area contributed by atoms with E-state index in [1.165, 1.54) is 18.9 Å². The summed E-state index contributed by atoms with van der Waals surface area (Å²) in [5.74, 6) is 0.839. The van der Waals surface area contributed by atoms with Crippen LogP contribution in [0.5, 0.6) is 0 Å². The quantitative estimate of drug-likeness (QED) is 0.899. The smallest absolute Gasteiger partial charge is 0.129 e. The van der Waals surface area contributed by atoms with Gasteiger partial charge in [-0.1, -0.05) is 0 Å². The average molecular weight is 261 g/mol. The van der Waals surface area contributed by atoms with Crippen molar-refractivity contribution < 1.29 is 4.39 Å². The van der Waals surface area contributed by atoms with Gasteiger partial charge in [-0.15, -0.1) is 0 Å². The molecule has 0 saturated carbocycles. The van der Waals surface area contributed by atoms with Crippen molar-refractivity contribution in [2.24, 2.45) is 0 Å². The number of fused-ring (bicyclic) bond motifs is 1. The summed E-state index contributed by atoms with van der Waals surface area (Å²) in [6, 6.07) is 4.84. The van der Waals surface area contributed by atoms with E-state index in [0.717, 1.165) is 36.4 Å². The van der Waals surface area contributed by atoms with Crippen LogP contribution < -0.4 is 5.32 Å². The van der Waals surface area contributed by atoms with Gasteiger partial charge in [-0.05, 0) is 57.9 Å². The fraction of sp³-hybridized carbons (Fsp3) is 0.533. The molecule has 3 rings (SSSR count). The minimum absolute atomic E-state index is 0.0935. The first-order valence-electron chi connectivity index (χ1n) is 7.05. The van der Waals surface area contributed by atoms with Gasteiger partial charge in [0.2, 0.25) is 0 Å². The molecule has 1 aliphatic rings. The van der Waals surface area contributed by atoms with Gasteiger partial charge in [-0.2, -0.15) is 0 Å². The molecule has 1 aromatic carbocycles. The number of hydrogen-bond donors (Lipinski definition) is 1. The van der Waals surface area contributed by atoms with Gasteiger partial charge < -0.3 is 9.88 Å². The lowest BCUT2D eigenvalue weighted by Crippen LogP contribution is -2.45. The van der Waals surface area contributed by atoms with Crippen molar-refractivity contribution >= 4 is 11.0 Å². The molecule has 0 radical (unpaired) electrons. The van der Waals surface area contributed by atoms with E-state index < -0.39 is 0 Å². The van der Waals surface area contributed by atoms with E-state index in [2.05, 4.69) is 23.7 Å². The number of benzene rings is 1. The Morgan fingerprint density at radius 1 is 1.42 bits per heavy atom. The maximum Gasteiger partial charge on any atom is 0.129 e. The van der Waals surface area contributed by atoms with Crippen LogP contribution in [0.15, 0.2) is 18.2 Å². The highest BCUT2D eigenvalue weighted by molar-refractivity contribution is 5.76. The second-order valence-corrected chi connectivity index (χ2v) is 5.53. The third kappa shape index (κ3) is 2.04. The largest absolute Gasteiger partial charge is 0.327 e. The van der Waals surface area contributed by atoms with Crippen LogP contribution >= 0.6 is 0 Å². The first-order valence-corrected chi connectivity index (χ1v) is 7.05. The highest BCUT2D eigenvalue weighted by Gasteiger charge is 2.33. The molecule has 4 heteroatoms. The topological polar surface area (TPSA) is 29.9 Å². The molecule has 1 atom stereocenters. The Hall–Kier alpha value is -1.42. The Kier molecular flexibility index (Phi) is 3.05. The first-order chi connectivity index (χ1) is 9.14. The first kappa shape index (κ1) is 12.6. The number of aryl methyl sites for hydroxylation is 1. The molecule has 3 nitrogen and oxygen atoms in total. The molecule has 1 unspecified atom stereocenters. The number of halogens is 1. The van der Waals surface area contributed by atoms with E-state index in [-0.39, 0.29) is 11.4 Å². The van der Waals surface area contributed by atoms with Gasteiger partial charge in [0.1, 0.15) is 11.6 Å². The summed E-state index contributed by atoms with van der Waals surface area (Å²) >= 11 is 0. The molecule has 0 spiro atoms. The third-order valence-corrected chi connectivity index (χ3v) is 4.14. The van der Waals surface area contributed by atoms with Crippen LogP contribution in [0.4, 0.5) is 4.39 Å². The summed E-state index contributed by atoms with van der Waals surface area (Å²) in [6.45, 7) is 6.13. The predicted molar refractivity (Wildman–Crippen MR) is 74.6 cm³/mol. The summed E-state index contributed by atoms with van der Waals surface area (Å²) in [7, 11) is 0. The summed E-state index contributed by atoms with van der Waals surface area (Å²) in [6.07, 6.45) is 3.51. The standard InChI is InChI=1S/C15H20FN3/c1-3-19-13-10-11(16)6-7-12(13)18-14(19)15(2)8-4-5-9-17-15/h6-7,10,17H,3-5,8-9H2,1-2H3. The third-order valence-electron chi connectivity index (χ3n) is 4.14. The summed E-state index contributed by atoms with van der Waals surface area (Å²) in [4.78, 5) is 4.75. The van der Waals surface area contributed by atoms with E-state index in [4.69, 9.17) is 4.98 Å². The Morgan fingerprint density at radius 2 is 2.26 bits per heavy atom. The second kappa shape index (κ2) is 4.60. The molecule has 1 saturated heterocycles. The average Bonchev–Trinajstić information content (AvgIpc) is 2.78. The molecule has 0 amide bonds. The molecule has 0 aliphatic carbocycles. The molecule has 1 fully saturated rings. The zero-order chi connectivity index (χ0) is 13.5. The highest BCUT2D eigenvalue weighted by Crippen LogP contribution is 2.31. The minimum Gasteiger partial charge on any atom is -0.327 e. The number of imidazole rings is 1. The van der Waals surface area contributed by atoms with Crippen molar-refractivity contribution in [3.8, 4) is 0 Å². The van der Waals surface area contributed by atoms with Gasteiger partial charge in [0.15, 0.2) is 0 Å². The molecule has 1 N–H and O–H groups in total. The van der Waals surface area contributed by atoms with Gasteiger partial charge in [0.05, 0.1) is 16.6 Å². The molecular formula is C15H20FN3. The number of nitrogens with zero attached hydrogens (tertiary/aromatic N) is 2. The van der Waals surface area contributed by atoms with Crippen molar-refractivity contribution in [3.05, 3.63) is 29.8 Å². The van der Waals surface area contributed by atoms with Crippen LogP contribution in [0, 0.1) is 5.82 Å². The molecule has 1 aromatic heterocycles. The van der Waals surface area contributed by atoms with Gasteiger partial charge in [0.25, 0.3) is 0 Å². The van der Waals surface area contributed by atoms with E-state index in [1.807, 2.05) is 0 Å². The van der Waals surface area contributed by atoms with Crippen molar-refractivity contribution in [1.29, 1.82) is 0 Å². The maximum absolute atomic E-state index is 13.4. The molecule has 0 bridgehead atoms. The molecular weight excluding hydrogens is 241 g/mol. The normalized spacial score (nSPS) is 23.9. The Balaban J connectivity index is 2.17. The van der Waals surface area contributed by atoms with Crippen LogP contribution in [-0.2, 0) is 12.1 Å². The lowest BCUT2D eigenvalue weighted by Gasteiger charge is -2.34. The van der Waals surface area contributed by atoms with Gasteiger partial charge >= 0.3 is 0 Å². The zero-order valence-corrected chi connectivity index (χ0v) is 11.5. The summed E-state index contributed by atoms with van der Waals surface area (Å²) < 4.78 is 15.6.